The van der Waals surface area contributed by atoms with Crippen molar-refractivity contribution in [2.75, 3.05) is 20.2 Å². The first-order valence-corrected chi connectivity index (χ1v) is 8.88. The van der Waals surface area contributed by atoms with Gasteiger partial charge in [0.2, 0.25) is 11.7 Å². The molecule has 26 heavy (non-hydrogen) atoms. The Morgan fingerprint density at radius 1 is 1.04 bits per heavy atom. The lowest BCUT2D eigenvalue weighted by Crippen LogP contribution is -2.21. The van der Waals surface area contributed by atoms with E-state index < -0.39 is 0 Å². The van der Waals surface area contributed by atoms with Crippen LogP contribution in [0.4, 0.5) is 0 Å². The van der Waals surface area contributed by atoms with Crippen molar-refractivity contribution < 1.29 is 9.26 Å². The summed E-state index contributed by atoms with van der Waals surface area (Å²) in [4.78, 5) is 6.65. The summed E-state index contributed by atoms with van der Waals surface area (Å²) in [6.45, 7) is 6.33. The largest absolute Gasteiger partial charge is 0.493 e. The molecule has 5 heteroatoms. The number of ether oxygens (including phenoxy) is 1. The Kier molecular flexibility index (Phi) is 6.02. The maximum Gasteiger partial charge on any atom is 0.241 e. The molecule has 3 aromatic rings. The van der Waals surface area contributed by atoms with Crippen LogP contribution in [0.2, 0.25) is 0 Å². The van der Waals surface area contributed by atoms with Crippen LogP contribution in [0, 0.1) is 13.8 Å². The minimum absolute atomic E-state index is 0.628. The summed E-state index contributed by atoms with van der Waals surface area (Å²) in [5.41, 5.74) is 3.35. The molecule has 0 atom stereocenters. The number of nitrogens with zero attached hydrogens (tertiary/aromatic N) is 3. The van der Waals surface area contributed by atoms with Crippen molar-refractivity contribution >= 4 is 0 Å². The lowest BCUT2D eigenvalue weighted by Gasteiger charge is -2.14. The number of benzene rings is 2. The van der Waals surface area contributed by atoms with Crippen molar-refractivity contribution in [3.63, 3.8) is 0 Å². The fraction of sp³-hybridized carbons (Fsp3) is 0.333. The van der Waals surface area contributed by atoms with Crippen LogP contribution in [-0.2, 0) is 6.54 Å². The molecule has 0 aliphatic heterocycles. The summed E-state index contributed by atoms with van der Waals surface area (Å²) >= 11 is 0. The molecule has 136 valence electrons. The van der Waals surface area contributed by atoms with Crippen molar-refractivity contribution in [1.29, 1.82) is 0 Å². The quantitative estimate of drug-likeness (QED) is 0.568. The van der Waals surface area contributed by atoms with Gasteiger partial charge in [0, 0.05) is 12.1 Å². The Hall–Kier alpha value is -2.66. The number of para-hydroxylation sites is 1. The normalized spacial score (nSPS) is 11.1. The van der Waals surface area contributed by atoms with E-state index in [0.717, 1.165) is 29.8 Å². The predicted molar refractivity (Wildman–Crippen MR) is 102 cm³/mol. The number of aryl methyl sites for hydroxylation is 2. The van der Waals surface area contributed by atoms with Crippen molar-refractivity contribution in [1.82, 2.24) is 15.0 Å². The Balaban J connectivity index is 1.44. The number of hydrogen-bond acceptors (Lipinski definition) is 5. The summed E-state index contributed by atoms with van der Waals surface area (Å²) in [6.07, 6.45) is 0.934. The molecule has 0 unspecified atom stereocenters. The standard InChI is InChI=1S/C21H25N3O2/c1-16-9-11-18(12-10-16)21-22-20(26-23-21)15-24(3)13-6-14-25-19-8-5-4-7-17(19)2/h4-5,7-12H,6,13-15H2,1-3H3. The first kappa shape index (κ1) is 18.1. The molecule has 0 fully saturated rings. The molecule has 0 aliphatic carbocycles. The molecule has 2 aromatic carbocycles. The molecule has 0 N–H and O–H groups in total. The Morgan fingerprint density at radius 2 is 1.81 bits per heavy atom. The van der Waals surface area contributed by atoms with Crippen LogP contribution in [0.5, 0.6) is 5.75 Å². The topological polar surface area (TPSA) is 51.4 Å². The van der Waals surface area contributed by atoms with E-state index in [1.54, 1.807) is 0 Å². The molecule has 5 nitrogen and oxygen atoms in total. The van der Waals surface area contributed by atoms with E-state index in [1.807, 2.05) is 49.5 Å². The zero-order valence-corrected chi connectivity index (χ0v) is 15.6. The number of rotatable bonds is 8. The SMILES string of the molecule is Cc1ccc(-c2noc(CN(C)CCCOc3ccccc3C)n2)cc1. The van der Waals surface area contributed by atoms with Gasteiger partial charge in [0.15, 0.2) is 0 Å². The summed E-state index contributed by atoms with van der Waals surface area (Å²) in [5.74, 6) is 2.22. The maximum atomic E-state index is 5.83. The van der Waals surface area contributed by atoms with Crippen molar-refractivity contribution in [3.05, 3.63) is 65.5 Å². The second-order valence-electron chi connectivity index (χ2n) is 6.58. The summed E-state index contributed by atoms with van der Waals surface area (Å²) in [6, 6.07) is 16.2. The third kappa shape index (κ3) is 4.92. The van der Waals surface area contributed by atoms with Crippen LogP contribution in [0.15, 0.2) is 53.1 Å². The molecule has 0 saturated carbocycles. The minimum Gasteiger partial charge on any atom is -0.493 e. The second kappa shape index (κ2) is 8.63. The molecule has 0 spiro atoms. The van der Waals surface area contributed by atoms with Gasteiger partial charge in [-0.2, -0.15) is 4.98 Å². The monoisotopic (exact) mass is 351 g/mol. The first-order chi connectivity index (χ1) is 12.6. The van der Waals surface area contributed by atoms with Crippen molar-refractivity contribution in [3.8, 4) is 17.1 Å². The third-order valence-corrected chi connectivity index (χ3v) is 4.22. The highest BCUT2D eigenvalue weighted by Crippen LogP contribution is 2.17. The van der Waals surface area contributed by atoms with Crippen molar-refractivity contribution in [2.24, 2.45) is 0 Å². The lowest BCUT2D eigenvalue weighted by atomic mass is 10.1. The fourth-order valence-electron chi connectivity index (χ4n) is 2.68. The molecule has 0 aliphatic rings. The summed E-state index contributed by atoms with van der Waals surface area (Å²) < 4.78 is 11.2. The van der Waals surface area contributed by atoms with E-state index >= 15 is 0 Å². The van der Waals surface area contributed by atoms with Gasteiger partial charge in [-0.1, -0.05) is 53.2 Å². The number of aromatic nitrogens is 2. The van der Waals surface area contributed by atoms with Gasteiger partial charge in [-0.15, -0.1) is 0 Å². The average Bonchev–Trinajstić information content (AvgIpc) is 3.09. The van der Waals surface area contributed by atoms with Gasteiger partial charge in [-0.3, -0.25) is 4.90 Å². The second-order valence-corrected chi connectivity index (χ2v) is 6.58. The van der Waals surface area contributed by atoms with Gasteiger partial charge < -0.3 is 9.26 Å². The van der Waals surface area contributed by atoms with Gasteiger partial charge in [0.25, 0.3) is 0 Å². The molecule has 0 radical (unpaired) electrons. The third-order valence-electron chi connectivity index (χ3n) is 4.22. The Morgan fingerprint density at radius 3 is 2.58 bits per heavy atom. The summed E-state index contributed by atoms with van der Waals surface area (Å²) in [5, 5.41) is 4.08. The van der Waals surface area contributed by atoms with Crippen LogP contribution in [0.1, 0.15) is 23.4 Å². The van der Waals surface area contributed by atoms with E-state index in [1.165, 1.54) is 5.56 Å². The number of hydrogen-bond donors (Lipinski definition) is 0. The zero-order valence-electron chi connectivity index (χ0n) is 15.6. The van der Waals surface area contributed by atoms with E-state index in [0.29, 0.717) is 24.9 Å². The minimum atomic E-state index is 0.628. The van der Waals surface area contributed by atoms with Gasteiger partial charge in [-0.05, 0) is 38.9 Å². The smallest absolute Gasteiger partial charge is 0.241 e. The van der Waals surface area contributed by atoms with Crippen molar-refractivity contribution in [2.45, 2.75) is 26.8 Å². The maximum absolute atomic E-state index is 5.83. The van der Waals surface area contributed by atoms with E-state index in [-0.39, 0.29) is 0 Å². The summed E-state index contributed by atoms with van der Waals surface area (Å²) in [7, 11) is 2.05. The van der Waals surface area contributed by atoms with Crippen LogP contribution in [-0.4, -0.2) is 35.2 Å². The van der Waals surface area contributed by atoms with Gasteiger partial charge in [0.05, 0.1) is 13.2 Å². The fourth-order valence-corrected chi connectivity index (χ4v) is 2.68. The Labute approximate surface area is 154 Å². The molecule has 0 saturated heterocycles. The van der Waals surface area contributed by atoms with Gasteiger partial charge in [-0.25, -0.2) is 0 Å². The molecular formula is C21H25N3O2. The Bertz CT molecular complexity index is 827. The van der Waals surface area contributed by atoms with Crippen LogP contribution >= 0.6 is 0 Å². The highest BCUT2D eigenvalue weighted by Gasteiger charge is 2.10. The van der Waals surface area contributed by atoms with Gasteiger partial charge in [0.1, 0.15) is 5.75 Å². The molecule has 1 aromatic heterocycles. The van der Waals surface area contributed by atoms with E-state index in [4.69, 9.17) is 9.26 Å². The van der Waals surface area contributed by atoms with Crippen LogP contribution in [0.3, 0.4) is 0 Å². The molecule has 3 rings (SSSR count). The zero-order chi connectivity index (χ0) is 18.4. The molecule has 0 bridgehead atoms. The van der Waals surface area contributed by atoms with Gasteiger partial charge >= 0.3 is 0 Å². The van der Waals surface area contributed by atoms with Crippen LogP contribution in [0.25, 0.3) is 11.4 Å². The van der Waals surface area contributed by atoms with Crippen LogP contribution < -0.4 is 4.74 Å². The highest BCUT2D eigenvalue weighted by molar-refractivity contribution is 5.54. The highest BCUT2D eigenvalue weighted by atomic mass is 16.5. The van der Waals surface area contributed by atoms with E-state index in [9.17, 15) is 0 Å². The van der Waals surface area contributed by atoms with E-state index in [2.05, 4.69) is 35.0 Å². The molecular weight excluding hydrogens is 326 g/mol. The lowest BCUT2D eigenvalue weighted by molar-refractivity contribution is 0.235. The molecule has 1 heterocycles. The first-order valence-electron chi connectivity index (χ1n) is 8.88. The average molecular weight is 351 g/mol. The molecule has 0 amide bonds. The predicted octanol–water partition coefficient (Wildman–Crippen LogP) is 4.25.